The maximum atomic E-state index is 12.6. The van der Waals surface area contributed by atoms with Crippen molar-refractivity contribution in [2.75, 3.05) is 20.2 Å². The lowest BCUT2D eigenvalue weighted by Gasteiger charge is -2.33. The van der Waals surface area contributed by atoms with Crippen LogP contribution in [0, 0.1) is 5.92 Å². The number of amides is 1. The molecule has 1 fully saturated rings. The van der Waals surface area contributed by atoms with Gasteiger partial charge in [0.25, 0.3) is 0 Å². The summed E-state index contributed by atoms with van der Waals surface area (Å²) in [6.07, 6.45) is 3.01. The number of nitrogens with zero attached hydrogens (tertiary/aromatic N) is 1. The van der Waals surface area contributed by atoms with Crippen LogP contribution in [0.3, 0.4) is 0 Å². The van der Waals surface area contributed by atoms with Crippen LogP contribution in [0.4, 0.5) is 0 Å². The van der Waals surface area contributed by atoms with Gasteiger partial charge in [0, 0.05) is 13.1 Å². The Kier molecular flexibility index (Phi) is 7.49. The van der Waals surface area contributed by atoms with Gasteiger partial charge in [0.15, 0.2) is 0 Å². The number of hydrogen-bond acceptors (Lipinski definition) is 3. The normalized spacial score (nSPS) is 15.8. The van der Waals surface area contributed by atoms with Crippen molar-refractivity contribution < 1.29 is 9.53 Å². The van der Waals surface area contributed by atoms with Crippen LogP contribution >= 0.6 is 12.4 Å². The molecule has 2 N–H and O–H groups in total. The van der Waals surface area contributed by atoms with Crippen LogP contribution in [0.5, 0.6) is 5.75 Å². The fourth-order valence-corrected chi connectivity index (χ4v) is 3.54. The second-order valence-corrected chi connectivity index (χ2v) is 6.67. The molecule has 1 aliphatic rings. The van der Waals surface area contributed by atoms with Gasteiger partial charge in [-0.25, -0.2) is 0 Å². The van der Waals surface area contributed by atoms with Crippen LogP contribution in [-0.2, 0) is 11.2 Å². The molecule has 1 heterocycles. The van der Waals surface area contributed by atoms with Gasteiger partial charge >= 0.3 is 0 Å². The Balaban J connectivity index is 0.00000243. The van der Waals surface area contributed by atoms with E-state index in [1.807, 2.05) is 47.4 Å². The molecule has 1 aliphatic heterocycles. The first-order valence-electron chi connectivity index (χ1n) is 8.90. The summed E-state index contributed by atoms with van der Waals surface area (Å²) in [6, 6.07) is 17.2. The van der Waals surface area contributed by atoms with Gasteiger partial charge in [-0.1, -0.05) is 48.5 Å². The van der Waals surface area contributed by atoms with Gasteiger partial charge in [-0.05, 0) is 42.4 Å². The maximum Gasteiger partial charge on any atom is 0.244 e. The van der Waals surface area contributed by atoms with E-state index in [0.717, 1.165) is 43.7 Å². The quantitative estimate of drug-likeness (QED) is 0.869. The van der Waals surface area contributed by atoms with E-state index < -0.39 is 6.04 Å². The number of halogens is 1. The van der Waals surface area contributed by atoms with Gasteiger partial charge in [0.2, 0.25) is 5.91 Å². The first kappa shape index (κ1) is 20.3. The molecule has 140 valence electrons. The second-order valence-electron chi connectivity index (χ2n) is 6.67. The third-order valence-electron chi connectivity index (χ3n) is 5.05. The molecule has 0 radical (unpaired) electrons. The number of nitrogens with two attached hydrogens (primary N) is 1. The van der Waals surface area contributed by atoms with E-state index in [4.69, 9.17) is 10.5 Å². The van der Waals surface area contributed by atoms with E-state index in [2.05, 4.69) is 12.1 Å². The summed E-state index contributed by atoms with van der Waals surface area (Å²) in [7, 11) is 1.71. The van der Waals surface area contributed by atoms with Gasteiger partial charge < -0.3 is 15.4 Å². The number of piperidine rings is 1. The number of likely N-dealkylation sites (tertiary alicyclic amines) is 1. The van der Waals surface area contributed by atoms with E-state index in [1.165, 1.54) is 5.56 Å². The monoisotopic (exact) mass is 374 g/mol. The number of carbonyl (C=O) groups is 1. The van der Waals surface area contributed by atoms with Gasteiger partial charge in [-0.15, -0.1) is 12.4 Å². The molecule has 0 spiro atoms. The fraction of sp³-hybridized carbons (Fsp3) is 0.381. The summed E-state index contributed by atoms with van der Waals surface area (Å²) in [5.74, 6) is 1.56. The van der Waals surface area contributed by atoms with Crippen LogP contribution in [-0.4, -0.2) is 31.0 Å². The average molecular weight is 375 g/mol. The zero-order valence-electron chi connectivity index (χ0n) is 15.1. The summed E-state index contributed by atoms with van der Waals surface area (Å²) in [6.45, 7) is 1.55. The van der Waals surface area contributed by atoms with Crippen molar-refractivity contribution in [2.24, 2.45) is 11.7 Å². The van der Waals surface area contributed by atoms with E-state index in [9.17, 15) is 4.79 Å². The Bertz CT molecular complexity index is 700. The predicted molar refractivity (Wildman–Crippen MR) is 107 cm³/mol. The van der Waals surface area contributed by atoms with Crippen LogP contribution in [0.1, 0.15) is 30.0 Å². The Morgan fingerprint density at radius 2 is 1.73 bits per heavy atom. The molecule has 5 heteroatoms. The van der Waals surface area contributed by atoms with Crippen molar-refractivity contribution in [3.63, 3.8) is 0 Å². The Morgan fingerprint density at radius 3 is 2.38 bits per heavy atom. The number of rotatable bonds is 5. The minimum atomic E-state index is -0.563. The van der Waals surface area contributed by atoms with E-state index in [0.29, 0.717) is 5.92 Å². The fourth-order valence-electron chi connectivity index (χ4n) is 3.54. The minimum absolute atomic E-state index is 0. The van der Waals surface area contributed by atoms with E-state index >= 15 is 0 Å². The topological polar surface area (TPSA) is 55.6 Å². The Labute approximate surface area is 161 Å². The van der Waals surface area contributed by atoms with Crippen molar-refractivity contribution in [3.8, 4) is 5.75 Å². The minimum Gasteiger partial charge on any atom is -0.496 e. The third kappa shape index (κ3) is 4.77. The maximum absolute atomic E-state index is 12.6. The van der Waals surface area contributed by atoms with Crippen LogP contribution < -0.4 is 10.5 Å². The Hall–Kier alpha value is -2.04. The first-order chi connectivity index (χ1) is 12.2. The first-order valence-corrected chi connectivity index (χ1v) is 8.90. The highest BCUT2D eigenvalue weighted by atomic mass is 35.5. The summed E-state index contributed by atoms with van der Waals surface area (Å²) < 4.78 is 5.45. The number of benzene rings is 2. The molecule has 2 aromatic rings. The molecule has 1 saturated heterocycles. The standard InChI is InChI=1S/C21H26N2O2.ClH/c1-25-19-10-6-5-9-18(19)15-16-11-13-23(14-12-16)21(24)20(22)17-7-3-2-4-8-17;/h2-10,16,20H,11-15,22H2,1H3;1H. The molecule has 4 nitrogen and oxygen atoms in total. The molecule has 0 saturated carbocycles. The largest absolute Gasteiger partial charge is 0.496 e. The van der Waals surface area contributed by atoms with Crippen molar-refractivity contribution in [3.05, 3.63) is 65.7 Å². The van der Waals surface area contributed by atoms with Crippen LogP contribution in [0.15, 0.2) is 54.6 Å². The SMILES string of the molecule is COc1ccccc1CC1CCN(C(=O)C(N)c2ccccc2)CC1.Cl. The smallest absolute Gasteiger partial charge is 0.244 e. The lowest BCUT2D eigenvalue weighted by molar-refractivity contribution is -0.134. The highest BCUT2D eigenvalue weighted by molar-refractivity contribution is 5.85. The third-order valence-corrected chi connectivity index (χ3v) is 5.05. The zero-order valence-corrected chi connectivity index (χ0v) is 16.0. The number of methoxy groups -OCH3 is 1. The lowest BCUT2D eigenvalue weighted by atomic mass is 9.89. The number of ether oxygens (including phenoxy) is 1. The lowest BCUT2D eigenvalue weighted by Crippen LogP contribution is -2.43. The Morgan fingerprint density at radius 1 is 1.12 bits per heavy atom. The molecule has 3 rings (SSSR count). The predicted octanol–water partition coefficient (Wildman–Crippen LogP) is 3.60. The summed E-state index contributed by atoms with van der Waals surface area (Å²) in [5.41, 5.74) is 8.28. The second kappa shape index (κ2) is 9.60. The molecule has 0 bridgehead atoms. The van der Waals surface area contributed by atoms with Crippen LogP contribution in [0.2, 0.25) is 0 Å². The molecular weight excluding hydrogens is 348 g/mol. The molecule has 0 aliphatic carbocycles. The van der Waals surface area contributed by atoms with E-state index in [-0.39, 0.29) is 18.3 Å². The molecule has 1 amide bonds. The summed E-state index contributed by atoms with van der Waals surface area (Å²) in [5, 5.41) is 0. The molecule has 1 atom stereocenters. The van der Waals surface area contributed by atoms with Crippen molar-refractivity contribution in [2.45, 2.75) is 25.3 Å². The average Bonchev–Trinajstić information content (AvgIpc) is 2.68. The summed E-state index contributed by atoms with van der Waals surface area (Å²) in [4.78, 5) is 14.6. The van der Waals surface area contributed by atoms with Gasteiger partial charge in [0.05, 0.1) is 7.11 Å². The van der Waals surface area contributed by atoms with Crippen molar-refractivity contribution in [1.29, 1.82) is 0 Å². The zero-order chi connectivity index (χ0) is 17.6. The molecular formula is C21H27ClN2O2. The number of hydrogen-bond donors (Lipinski definition) is 1. The number of para-hydroxylation sites is 1. The molecule has 0 aromatic heterocycles. The van der Waals surface area contributed by atoms with Gasteiger partial charge in [-0.3, -0.25) is 4.79 Å². The molecule has 26 heavy (non-hydrogen) atoms. The van der Waals surface area contributed by atoms with Gasteiger partial charge in [-0.2, -0.15) is 0 Å². The highest BCUT2D eigenvalue weighted by Crippen LogP contribution is 2.27. The van der Waals surface area contributed by atoms with Crippen LogP contribution in [0.25, 0.3) is 0 Å². The van der Waals surface area contributed by atoms with Gasteiger partial charge in [0.1, 0.15) is 11.8 Å². The van der Waals surface area contributed by atoms with Crippen molar-refractivity contribution >= 4 is 18.3 Å². The number of carbonyl (C=O) groups excluding carboxylic acids is 1. The molecule has 2 aromatic carbocycles. The van der Waals surface area contributed by atoms with Crippen molar-refractivity contribution in [1.82, 2.24) is 4.90 Å². The van der Waals surface area contributed by atoms with E-state index in [1.54, 1.807) is 7.11 Å². The molecule has 1 unspecified atom stereocenters. The highest BCUT2D eigenvalue weighted by Gasteiger charge is 2.27. The summed E-state index contributed by atoms with van der Waals surface area (Å²) >= 11 is 0.